The molecule has 0 saturated heterocycles. The number of carbonyl (C=O) groups is 1. The van der Waals surface area contributed by atoms with Gasteiger partial charge in [0.1, 0.15) is 19.3 Å². The Morgan fingerprint density at radius 3 is 2.45 bits per heavy atom. The first-order valence-electron chi connectivity index (χ1n) is 9.69. The fourth-order valence-electron chi connectivity index (χ4n) is 3.32. The highest BCUT2D eigenvalue weighted by Gasteiger charge is 2.22. The van der Waals surface area contributed by atoms with Gasteiger partial charge < -0.3 is 20.1 Å². The van der Waals surface area contributed by atoms with E-state index in [0.29, 0.717) is 19.0 Å². The molecule has 0 unspecified atom stereocenters. The maximum atomic E-state index is 13.2. The quantitative estimate of drug-likeness (QED) is 0.655. The van der Waals surface area contributed by atoms with Gasteiger partial charge >= 0.3 is 0 Å². The molecule has 1 amide bonds. The second-order valence-electron chi connectivity index (χ2n) is 7.15. The lowest BCUT2D eigenvalue weighted by Gasteiger charge is -2.23. The van der Waals surface area contributed by atoms with Crippen molar-refractivity contribution in [1.29, 1.82) is 0 Å². The van der Waals surface area contributed by atoms with E-state index < -0.39 is 6.04 Å². The summed E-state index contributed by atoms with van der Waals surface area (Å²) in [4.78, 5) is 13.2. The fraction of sp³-hybridized carbons (Fsp3) is 0.208. The number of carbonyl (C=O) groups excluding carboxylic acids is 1. The number of hydrogen-bond acceptors (Lipinski definition) is 4. The van der Waals surface area contributed by atoms with Crippen LogP contribution in [0.4, 0.5) is 11.4 Å². The van der Waals surface area contributed by atoms with Crippen molar-refractivity contribution in [3.8, 4) is 11.5 Å². The van der Waals surface area contributed by atoms with E-state index in [-0.39, 0.29) is 5.91 Å². The highest BCUT2D eigenvalue weighted by molar-refractivity contribution is 5.98. The summed E-state index contributed by atoms with van der Waals surface area (Å²) >= 11 is 0. The number of amides is 1. The molecule has 2 N–H and O–H groups in total. The van der Waals surface area contributed by atoms with Crippen molar-refractivity contribution in [2.75, 3.05) is 23.8 Å². The van der Waals surface area contributed by atoms with Crippen LogP contribution in [0.25, 0.3) is 0 Å². The number of benzene rings is 3. The van der Waals surface area contributed by atoms with Crippen molar-refractivity contribution >= 4 is 17.3 Å². The molecule has 5 nitrogen and oxygen atoms in total. The SMILES string of the molecule is Cc1ccc(C)c(NC(=O)[C@H](Nc2ccc3c(c2)OCCO3)c2ccccc2)c1. The number of nitrogens with one attached hydrogen (secondary N) is 2. The number of fused-ring (bicyclic) bond motifs is 1. The molecule has 3 aromatic carbocycles. The van der Waals surface area contributed by atoms with Crippen LogP contribution in [0, 0.1) is 13.8 Å². The van der Waals surface area contributed by atoms with Crippen molar-refractivity contribution < 1.29 is 14.3 Å². The summed E-state index contributed by atoms with van der Waals surface area (Å²) in [6, 6.07) is 20.8. The normalized spacial score (nSPS) is 13.4. The predicted molar refractivity (Wildman–Crippen MR) is 115 cm³/mol. The molecule has 0 fully saturated rings. The molecule has 1 atom stereocenters. The first-order chi connectivity index (χ1) is 14.1. The van der Waals surface area contributed by atoms with Crippen molar-refractivity contribution in [1.82, 2.24) is 0 Å². The van der Waals surface area contributed by atoms with Crippen LogP contribution in [-0.4, -0.2) is 19.1 Å². The van der Waals surface area contributed by atoms with E-state index in [1.165, 1.54) is 0 Å². The van der Waals surface area contributed by atoms with Crippen LogP contribution in [0.3, 0.4) is 0 Å². The average molecular weight is 388 g/mol. The van der Waals surface area contributed by atoms with Crippen LogP contribution in [0.1, 0.15) is 22.7 Å². The van der Waals surface area contributed by atoms with E-state index in [1.807, 2.05) is 80.6 Å². The Morgan fingerprint density at radius 2 is 1.66 bits per heavy atom. The average Bonchev–Trinajstić information content (AvgIpc) is 2.75. The Hall–Kier alpha value is -3.47. The Bertz CT molecular complexity index is 1020. The molecule has 1 aliphatic rings. The minimum absolute atomic E-state index is 0.125. The molecule has 4 rings (SSSR count). The second-order valence-corrected chi connectivity index (χ2v) is 7.15. The molecular weight excluding hydrogens is 364 g/mol. The molecule has 3 aromatic rings. The Kier molecular flexibility index (Phi) is 5.38. The van der Waals surface area contributed by atoms with E-state index >= 15 is 0 Å². The molecule has 0 saturated carbocycles. The third kappa shape index (κ3) is 4.35. The molecule has 5 heteroatoms. The zero-order chi connectivity index (χ0) is 20.2. The summed E-state index contributed by atoms with van der Waals surface area (Å²) in [6.45, 7) is 5.06. The van der Waals surface area contributed by atoms with Gasteiger partial charge in [0.15, 0.2) is 11.5 Å². The molecule has 1 heterocycles. The van der Waals surface area contributed by atoms with Crippen LogP contribution in [0.5, 0.6) is 11.5 Å². The standard InChI is InChI=1S/C24H24N2O3/c1-16-8-9-17(2)20(14-16)26-24(27)23(18-6-4-3-5-7-18)25-19-10-11-21-22(15-19)29-13-12-28-21/h3-11,14-15,23,25H,12-13H2,1-2H3,(H,26,27)/t23-/m1/s1. The van der Waals surface area contributed by atoms with Crippen molar-refractivity contribution in [2.45, 2.75) is 19.9 Å². The lowest BCUT2D eigenvalue weighted by Crippen LogP contribution is -2.27. The highest BCUT2D eigenvalue weighted by atomic mass is 16.6. The summed E-state index contributed by atoms with van der Waals surface area (Å²) in [5.41, 5.74) is 4.61. The number of anilines is 2. The Morgan fingerprint density at radius 1 is 0.897 bits per heavy atom. The largest absolute Gasteiger partial charge is 0.486 e. The Balaban J connectivity index is 1.62. The van der Waals surface area contributed by atoms with E-state index in [0.717, 1.165) is 33.8 Å². The molecule has 29 heavy (non-hydrogen) atoms. The van der Waals surface area contributed by atoms with Gasteiger partial charge in [-0.3, -0.25) is 4.79 Å². The third-order valence-electron chi connectivity index (χ3n) is 4.90. The zero-order valence-corrected chi connectivity index (χ0v) is 16.6. The molecule has 1 aliphatic heterocycles. The molecule has 0 radical (unpaired) electrons. The van der Waals surface area contributed by atoms with Gasteiger partial charge in [-0.25, -0.2) is 0 Å². The van der Waals surface area contributed by atoms with Gasteiger partial charge in [-0.05, 0) is 48.7 Å². The summed E-state index contributed by atoms with van der Waals surface area (Å²) < 4.78 is 11.3. The lowest BCUT2D eigenvalue weighted by molar-refractivity contribution is -0.117. The van der Waals surface area contributed by atoms with Crippen LogP contribution in [0.15, 0.2) is 66.7 Å². The predicted octanol–water partition coefficient (Wildman–Crippen LogP) is 4.87. The van der Waals surface area contributed by atoms with Crippen molar-refractivity contribution in [3.63, 3.8) is 0 Å². The summed E-state index contributed by atoms with van der Waals surface area (Å²) in [7, 11) is 0. The van der Waals surface area contributed by atoms with Crippen molar-refractivity contribution in [3.05, 3.63) is 83.4 Å². The Labute approximate surface area is 170 Å². The minimum Gasteiger partial charge on any atom is -0.486 e. The third-order valence-corrected chi connectivity index (χ3v) is 4.90. The molecule has 0 bridgehead atoms. The summed E-state index contributed by atoms with van der Waals surface area (Å²) in [6.07, 6.45) is 0. The van der Waals surface area contributed by atoms with Gasteiger partial charge in [-0.15, -0.1) is 0 Å². The maximum Gasteiger partial charge on any atom is 0.251 e. The van der Waals surface area contributed by atoms with Crippen LogP contribution < -0.4 is 20.1 Å². The van der Waals surface area contributed by atoms with Gasteiger partial charge in [0.05, 0.1) is 0 Å². The van der Waals surface area contributed by atoms with E-state index in [9.17, 15) is 4.79 Å². The first-order valence-corrected chi connectivity index (χ1v) is 9.69. The van der Waals surface area contributed by atoms with E-state index in [4.69, 9.17) is 9.47 Å². The monoisotopic (exact) mass is 388 g/mol. The van der Waals surface area contributed by atoms with Crippen molar-refractivity contribution in [2.24, 2.45) is 0 Å². The first kappa shape index (κ1) is 18.9. The van der Waals surface area contributed by atoms with Gasteiger partial charge in [-0.2, -0.15) is 0 Å². The summed E-state index contributed by atoms with van der Waals surface area (Å²) in [5.74, 6) is 1.28. The maximum absolute atomic E-state index is 13.2. The fourth-order valence-corrected chi connectivity index (χ4v) is 3.32. The molecule has 0 spiro atoms. The number of ether oxygens (including phenoxy) is 2. The zero-order valence-electron chi connectivity index (χ0n) is 16.6. The second kappa shape index (κ2) is 8.27. The van der Waals surface area contributed by atoms with Gasteiger partial charge in [0.25, 0.3) is 5.91 Å². The topological polar surface area (TPSA) is 59.6 Å². The van der Waals surface area contributed by atoms with Gasteiger partial charge in [0, 0.05) is 17.4 Å². The molecule has 0 aromatic heterocycles. The van der Waals surface area contributed by atoms with Gasteiger partial charge in [0.2, 0.25) is 0 Å². The number of hydrogen-bond donors (Lipinski definition) is 2. The number of aryl methyl sites for hydroxylation is 2. The highest BCUT2D eigenvalue weighted by Crippen LogP contribution is 2.34. The van der Waals surface area contributed by atoms with E-state index in [1.54, 1.807) is 0 Å². The van der Waals surface area contributed by atoms with Crippen LogP contribution >= 0.6 is 0 Å². The minimum atomic E-state index is -0.557. The van der Waals surface area contributed by atoms with Crippen LogP contribution in [-0.2, 0) is 4.79 Å². The van der Waals surface area contributed by atoms with E-state index in [2.05, 4.69) is 10.6 Å². The van der Waals surface area contributed by atoms with Crippen LogP contribution in [0.2, 0.25) is 0 Å². The molecule has 148 valence electrons. The van der Waals surface area contributed by atoms with Gasteiger partial charge in [-0.1, -0.05) is 42.5 Å². The molecular formula is C24H24N2O3. The molecule has 0 aliphatic carbocycles. The smallest absolute Gasteiger partial charge is 0.251 e. The number of rotatable bonds is 5. The lowest BCUT2D eigenvalue weighted by atomic mass is 10.0. The summed E-state index contributed by atoms with van der Waals surface area (Å²) in [5, 5.41) is 6.43.